The Balaban J connectivity index is 1.67. The number of hydrogen-bond donors (Lipinski definition) is 1. The Labute approximate surface area is 132 Å². The minimum Gasteiger partial charge on any atom is -0.493 e. The second kappa shape index (κ2) is 8.76. The van der Waals surface area contributed by atoms with E-state index in [-0.39, 0.29) is 11.9 Å². The Hall–Kier alpha value is -1.59. The molecule has 122 valence electrons. The van der Waals surface area contributed by atoms with Crippen LogP contribution in [0.4, 0.5) is 0 Å². The first-order valence-corrected chi connectivity index (χ1v) is 7.96. The van der Waals surface area contributed by atoms with Crippen LogP contribution in [0.2, 0.25) is 0 Å². The number of carbonyl (C=O) groups is 1. The van der Waals surface area contributed by atoms with Gasteiger partial charge in [-0.3, -0.25) is 9.69 Å². The van der Waals surface area contributed by atoms with Crippen LogP contribution in [0.15, 0.2) is 30.3 Å². The Morgan fingerprint density at radius 3 is 2.64 bits per heavy atom. The lowest BCUT2D eigenvalue weighted by atomic mass is 10.1. The van der Waals surface area contributed by atoms with Crippen molar-refractivity contribution in [3.05, 3.63) is 30.3 Å². The number of morpholine rings is 1. The van der Waals surface area contributed by atoms with Crippen LogP contribution in [-0.4, -0.2) is 55.8 Å². The van der Waals surface area contributed by atoms with E-state index in [4.69, 9.17) is 9.47 Å². The molecule has 1 saturated heterocycles. The van der Waals surface area contributed by atoms with Gasteiger partial charge in [0.25, 0.3) is 0 Å². The summed E-state index contributed by atoms with van der Waals surface area (Å²) in [5.74, 6) is 0.827. The van der Waals surface area contributed by atoms with Crippen molar-refractivity contribution < 1.29 is 14.3 Å². The molecule has 1 aromatic carbocycles. The van der Waals surface area contributed by atoms with Crippen LogP contribution >= 0.6 is 0 Å². The Morgan fingerprint density at radius 1 is 1.27 bits per heavy atom. The number of ether oxygens (including phenoxy) is 2. The van der Waals surface area contributed by atoms with Gasteiger partial charge in [0.15, 0.2) is 0 Å². The van der Waals surface area contributed by atoms with Gasteiger partial charge in [-0.15, -0.1) is 0 Å². The highest BCUT2D eigenvalue weighted by molar-refractivity contribution is 5.76. The van der Waals surface area contributed by atoms with Gasteiger partial charge in [0.1, 0.15) is 5.75 Å². The molecule has 1 heterocycles. The van der Waals surface area contributed by atoms with Crippen LogP contribution in [0.1, 0.15) is 20.3 Å². The molecule has 0 spiro atoms. The zero-order valence-corrected chi connectivity index (χ0v) is 13.5. The fraction of sp³-hybridized carbons (Fsp3) is 0.588. The lowest BCUT2D eigenvalue weighted by molar-refractivity contribution is -0.122. The molecule has 2 atom stereocenters. The molecule has 0 saturated carbocycles. The summed E-state index contributed by atoms with van der Waals surface area (Å²) in [6.07, 6.45) is 0.370. The molecule has 1 fully saturated rings. The van der Waals surface area contributed by atoms with Gasteiger partial charge in [-0.05, 0) is 26.0 Å². The van der Waals surface area contributed by atoms with Crippen molar-refractivity contribution in [2.24, 2.45) is 0 Å². The molecule has 22 heavy (non-hydrogen) atoms. The lowest BCUT2D eigenvalue weighted by Crippen LogP contribution is -2.52. The highest BCUT2D eigenvalue weighted by Gasteiger charge is 2.23. The molecule has 1 aliphatic rings. The molecule has 1 amide bonds. The average Bonchev–Trinajstić information content (AvgIpc) is 2.56. The van der Waals surface area contributed by atoms with Crippen molar-refractivity contribution in [3.8, 4) is 5.75 Å². The van der Waals surface area contributed by atoms with E-state index >= 15 is 0 Å². The summed E-state index contributed by atoms with van der Waals surface area (Å²) in [5.41, 5.74) is 0. The summed E-state index contributed by atoms with van der Waals surface area (Å²) in [6, 6.07) is 9.98. The maximum atomic E-state index is 12.0. The molecule has 0 unspecified atom stereocenters. The summed E-state index contributed by atoms with van der Waals surface area (Å²) in [4.78, 5) is 14.4. The summed E-state index contributed by atoms with van der Waals surface area (Å²) >= 11 is 0. The normalized spacial score (nSPS) is 18.5. The summed E-state index contributed by atoms with van der Waals surface area (Å²) in [6.45, 7) is 8.00. The summed E-state index contributed by atoms with van der Waals surface area (Å²) < 4.78 is 10.9. The standard InChI is InChI=1S/C17H26N2O3/c1-14(15(2)19-9-12-21-13-10-19)18-17(20)8-11-22-16-6-4-3-5-7-16/h3-7,14-15H,8-13H2,1-2H3,(H,18,20)/t14-,15+/m1/s1. The van der Waals surface area contributed by atoms with E-state index in [0.717, 1.165) is 32.1 Å². The highest BCUT2D eigenvalue weighted by atomic mass is 16.5. The topological polar surface area (TPSA) is 50.8 Å². The maximum absolute atomic E-state index is 12.0. The Kier molecular flexibility index (Phi) is 6.68. The second-order valence-corrected chi connectivity index (χ2v) is 5.66. The minimum absolute atomic E-state index is 0.0311. The summed E-state index contributed by atoms with van der Waals surface area (Å²) in [5, 5.41) is 3.06. The Bertz CT molecular complexity index is 446. The monoisotopic (exact) mass is 306 g/mol. The van der Waals surface area contributed by atoms with Gasteiger partial charge in [0.05, 0.1) is 26.2 Å². The third-order valence-corrected chi connectivity index (χ3v) is 4.07. The molecule has 0 bridgehead atoms. The van der Waals surface area contributed by atoms with E-state index in [2.05, 4.69) is 24.1 Å². The number of amides is 1. The van der Waals surface area contributed by atoms with E-state index in [9.17, 15) is 4.79 Å². The van der Waals surface area contributed by atoms with Crippen LogP contribution in [0.5, 0.6) is 5.75 Å². The number of nitrogens with zero attached hydrogens (tertiary/aromatic N) is 1. The number of nitrogens with one attached hydrogen (secondary N) is 1. The predicted octanol–water partition coefficient (Wildman–Crippen LogP) is 1.68. The van der Waals surface area contributed by atoms with Gasteiger partial charge in [-0.2, -0.15) is 0 Å². The Morgan fingerprint density at radius 2 is 1.95 bits per heavy atom. The first kappa shape index (κ1) is 16.8. The molecule has 5 nitrogen and oxygen atoms in total. The van der Waals surface area contributed by atoms with E-state index in [1.54, 1.807) is 0 Å². The number of rotatable bonds is 7. The molecular weight excluding hydrogens is 280 g/mol. The largest absolute Gasteiger partial charge is 0.493 e. The van der Waals surface area contributed by atoms with Crippen LogP contribution in [0.3, 0.4) is 0 Å². The molecule has 0 aromatic heterocycles. The predicted molar refractivity (Wildman–Crippen MR) is 86.0 cm³/mol. The van der Waals surface area contributed by atoms with Gasteiger partial charge in [0, 0.05) is 25.2 Å². The average molecular weight is 306 g/mol. The van der Waals surface area contributed by atoms with Crippen LogP contribution in [-0.2, 0) is 9.53 Å². The molecular formula is C17H26N2O3. The van der Waals surface area contributed by atoms with Crippen molar-refractivity contribution in [1.29, 1.82) is 0 Å². The van der Waals surface area contributed by atoms with Crippen molar-refractivity contribution in [3.63, 3.8) is 0 Å². The fourth-order valence-corrected chi connectivity index (χ4v) is 2.53. The molecule has 5 heteroatoms. The van der Waals surface area contributed by atoms with Crippen molar-refractivity contribution in [1.82, 2.24) is 10.2 Å². The minimum atomic E-state index is 0.0311. The van der Waals surface area contributed by atoms with E-state index in [0.29, 0.717) is 19.1 Å². The third kappa shape index (κ3) is 5.31. The summed E-state index contributed by atoms with van der Waals surface area (Å²) in [7, 11) is 0. The van der Waals surface area contributed by atoms with Gasteiger partial charge < -0.3 is 14.8 Å². The molecule has 0 aliphatic carbocycles. The first-order valence-electron chi connectivity index (χ1n) is 7.96. The van der Waals surface area contributed by atoms with Gasteiger partial charge in [-0.25, -0.2) is 0 Å². The first-order chi connectivity index (χ1) is 10.7. The van der Waals surface area contributed by atoms with Gasteiger partial charge in [-0.1, -0.05) is 18.2 Å². The smallest absolute Gasteiger partial charge is 0.223 e. The van der Waals surface area contributed by atoms with Gasteiger partial charge >= 0.3 is 0 Å². The van der Waals surface area contributed by atoms with Crippen LogP contribution in [0, 0.1) is 0 Å². The molecule has 1 N–H and O–H groups in total. The number of carbonyl (C=O) groups excluding carboxylic acids is 1. The third-order valence-electron chi connectivity index (χ3n) is 4.07. The zero-order valence-electron chi connectivity index (χ0n) is 13.5. The molecule has 0 radical (unpaired) electrons. The number of benzene rings is 1. The molecule has 1 aromatic rings. The number of para-hydroxylation sites is 1. The van der Waals surface area contributed by atoms with E-state index in [1.807, 2.05) is 30.3 Å². The van der Waals surface area contributed by atoms with E-state index in [1.165, 1.54) is 0 Å². The second-order valence-electron chi connectivity index (χ2n) is 5.66. The van der Waals surface area contributed by atoms with Crippen molar-refractivity contribution in [2.45, 2.75) is 32.4 Å². The number of hydrogen-bond acceptors (Lipinski definition) is 4. The van der Waals surface area contributed by atoms with Gasteiger partial charge in [0.2, 0.25) is 5.91 Å². The van der Waals surface area contributed by atoms with Crippen molar-refractivity contribution >= 4 is 5.91 Å². The fourth-order valence-electron chi connectivity index (χ4n) is 2.53. The van der Waals surface area contributed by atoms with Crippen LogP contribution < -0.4 is 10.1 Å². The molecule has 1 aliphatic heterocycles. The van der Waals surface area contributed by atoms with Crippen LogP contribution in [0.25, 0.3) is 0 Å². The SMILES string of the molecule is C[C@@H](NC(=O)CCOc1ccccc1)[C@H](C)N1CCOCC1. The maximum Gasteiger partial charge on any atom is 0.223 e. The lowest BCUT2D eigenvalue weighted by Gasteiger charge is -2.35. The van der Waals surface area contributed by atoms with E-state index < -0.39 is 0 Å². The molecule has 2 rings (SSSR count). The van der Waals surface area contributed by atoms with Crippen molar-refractivity contribution in [2.75, 3.05) is 32.9 Å². The quantitative estimate of drug-likeness (QED) is 0.833. The zero-order chi connectivity index (χ0) is 15.8. The highest BCUT2D eigenvalue weighted by Crippen LogP contribution is 2.09.